The third-order valence-electron chi connectivity index (χ3n) is 4.39. The van der Waals surface area contributed by atoms with Crippen LogP contribution in [0.15, 0.2) is 30.3 Å². The predicted molar refractivity (Wildman–Crippen MR) is 68.4 cm³/mol. The average Bonchev–Trinajstić information content (AvgIpc) is 2.65. The highest BCUT2D eigenvalue weighted by molar-refractivity contribution is 5.65. The lowest BCUT2D eigenvalue weighted by atomic mass is 9.68. The maximum Gasteiger partial charge on any atom is 0.0191 e. The van der Waals surface area contributed by atoms with E-state index in [1.165, 1.54) is 25.1 Å². The maximum atomic E-state index is 2.45. The second-order valence-corrected chi connectivity index (χ2v) is 5.37. The van der Waals surface area contributed by atoms with Crippen LogP contribution in [0.2, 0.25) is 0 Å². The van der Waals surface area contributed by atoms with Gasteiger partial charge in [0.25, 0.3) is 0 Å². The molecule has 84 valence electrons. The molecule has 1 aromatic rings. The molecule has 1 heterocycles. The quantitative estimate of drug-likeness (QED) is 0.640. The van der Waals surface area contributed by atoms with Crippen molar-refractivity contribution in [2.24, 2.45) is 5.92 Å². The van der Waals surface area contributed by atoms with E-state index < -0.39 is 0 Å². The van der Waals surface area contributed by atoms with Gasteiger partial charge in [-0.2, -0.15) is 0 Å². The van der Waals surface area contributed by atoms with Crippen LogP contribution in [-0.4, -0.2) is 25.0 Å². The van der Waals surface area contributed by atoms with Gasteiger partial charge in [-0.05, 0) is 37.1 Å². The number of hydrogen-bond donors (Lipinski definition) is 0. The Kier molecular flexibility index (Phi) is 2.18. The number of benzene rings is 1. The van der Waals surface area contributed by atoms with Gasteiger partial charge >= 0.3 is 0 Å². The summed E-state index contributed by atoms with van der Waals surface area (Å²) in [5, 5.41) is 0. The minimum absolute atomic E-state index is 0.323. The van der Waals surface area contributed by atoms with Crippen molar-refractivity contribution in [3.63, 3.8) is 0 Å². The molecule has 1 fully saturated rings. The van der Waals surface area contributed by atoms with Crippen molar-refractivity contribution in [3.8, 4) is 0 Å². The summed E-state index contributed by atoms with van der Waals surface area (Å²) in [6.45, 7) is 4.81. The van der Waals surface area contributed by atoms with E-state index in [1.54, 1.807) is 5.56 Å². The molecule has 0 unspecified atom stereocenters. The van der Waals surface area contributed by atoms with Crippen LogP contribution in [0.25, 0.3) is 6.08 Å². The summed E-state index contributed by atoms with van der Waals surface area (Å²) in [7, 11) is 2.23. The molecule has 1 aromatic carbocycles. The number of nitrogens with zero attached hydrogens (tertiary/aromatic N) is 1. The summed E-state index contributed by atoms with van der Waals surface area (Å²) >= 11 is 0. The minimum atomic E-state index is 0.323. The van der Waals surface area contributed by atoms with Gasteiger partial charge in [0.15, 0.2) is 0 Å². The van der Waals surface area contributed by atoms with Crippen LogP contribution in [0.4, 0.5) is 0 Å². The Balaban J connectivity index is 2.05. The molecule has 0 radical (unpaired) electrons. The number of allylic oxidation sites excluding steroid dienone is 1. The van der Waals surface area contributed by atoms with Gasteiger partial charge in [-0.15, -0.1) is 0 Å². The van der Waals surface area contributed by atoms with E-state index in [0.717, 1.165) is 0 Å². The van der Waals surface area contributed by atoms with Gasteiger partial charge in [-0.1, -0.05) is 43.3 Å². The van der Waals surface area contributed by atoms with Crippen molar-refractivity contribution in [2.45, 2.75) is 18.8 Å². The fraction of sp³-hybridized carbons (Fsp3) is 0.467. The van der Waals surface area contributed by atoms with Crippen molar-refractivity contribution in [1.29, 1.82) is 0 Å². The molecule has 1 spiro atoms. The summed E-state index contributed by atoms with van der Waals surface area (Å²) in [6, 6.07) is 8.88. The SMILES string of the molecule is C[C@H]1CN(C)CC[C@@]12C=Cc1ccccc12. The van der Waals surface area contributed by atoms with Crippen LogP contribution < -0.4 is 0 Å². The summed E-state index contributed by atoms with van der Waals surface area (Å²) in [5.41, 5.74) is 3.30. The van der Waals surface area contributed by atoms with E-state index in [9.17, 15) is 0 Å². The zero-order valence-corrected chi connectivity index (χ0v) is 10.1. The van der Waals surface area contributed by atoms with Crippen LogP contribution in [-0.2, 0) is 5.41 Å². The first-order valence-corrected chi connectivity index (χ1v) is 6.20. The molecule has 1 aliphatic heterocycles. The van der Waals surface area contributed by atoms with Gasteiger partial charge in [0.05, 0.1) is 0 Å². The number of fused-ring (bicyclic) bond motifs is 2. The predicted octanol–water partition coefficient (Wildman–Crippen LogP) is 2.92. The lowest BCUT2D eigenvalue weighted by Crippen LogP contribution is -2.45. The highest BCUT2D eigenvalue weighted by Crippen LogP contribution is 2.46. The Morgan fingerprint density at radius 1 is 1.31 bits per heavy atom. The largest absolute Gasteiger partial charge is 0.306 e. The van der Waals surface area contributed by atoms with Gasteiger partial charge < -0.3 is 4.90 Å². The van der Waals surface area contributed by atoms with Crippen molar-refractivity contribution in [1.82, 2.24) is 4.90 Å². The average molecular weight is 213 g/mol. The van der Waals surface area contributed by atoms with Gasteiger partial charge in [-0.25, -0.2) is 0 Å². The lowest BCUT2D eigenvalue weighted by Gasteiger charge is -2.43. The Labute approximate surface area is 97.8 Å². The normalized spacial score (nSPS) is 33.2. The van der Waals surface area contributed by atoms with E-state index in [-0.39, 0.29) is 0 Å². The van der Waals surface area contributed by atoms with E-state index in [2.05, 4.69) is 55.3 Å². The molecular weight excluding hydrogens is 194 g/mol. The molecule has 2 atom stereocenters. The van der Waals surface area contributed by atoms with Gasteiger partial charge in [0, 0.05) is 12.0 Å². The Morgan fingerprint density at radius 2 is 2.12 bits per heavy atom. The lowest BCUT2D eigenvalue weighted by molar-refractivity contribution is 0.155. The molecule has 1 nitrogen and oxygen atoms in total. The molecule has 1 heteroatoms. The zero-order valence-electron chi connectivity index (χ0n) is 10.1. The van der Waals surface area contributed by atoms with E-state index in [1.807, 2.05) is 0 Å². The van der Waals surface area contributed by atoms with Crippen LogP contribution in [0, 0.1) is 5.92 Å². The van der Waals surface area contributed by atoms with Crippen molar-refractivity contribution in [2.75, 3.05) is 20.1 Å². The molecule has 16 heavy (non-hydrogen) atoms. The van der Waals surface area contributed by atoms with E-state index in [4.69, 9.17) is 0 Å². The first kappa shape index (κ1) is 10.1. The van der Waals surface area contributed by atoms with Crippen molar-refractivity contribution >= 4 is 6.08 Å². The number of hydrogen-bond acceptors (Lipinski definition) is 1. The molecule has 3 rings (SSSR count). The molecule has 0 aromatic heterocycles. The highest BCUT2D eigenvalue weighted by atomic mass is 15.1. The molecule has 0 amide bonds. The first-order valence-electron chi connectivity index (χ1n) is 6.20. The molecule has 0 N–H and O–H groups in total. The number of likely N-dealkylation sites (tertiary alicyclic amines) is 1. The van der Waals surface area contributed by atoms with Gasteiger partial charge in [0.2, 0.25) is 0 Å². The summed E-state index contributed by atoms with van der Waals surface area (Å²) < 4.78 is 0. The molecular formula is C15H19N. The van der Waals surface area contributed by atoms with Crippen molar-refractivity contribution in [3.05, 3.63) is 41.5 Å². The first-order chi connectivity index (χ1) is 7.72. The monoisotopic (exact) mass is 213 g/mol. The van der Waals surface area contributed by atoms with Crippen molar-refractivity contribution < 1.29 is 0 Å². The van der Waals surface area contributed by atoms with Crippen LogP contribution >= 0.6 is 0 Å². The summed E-state index contributed by atoms with van der Waals surface area (Å²) in [4.78, 5) is 2.45. The van der Waals surface area contributed by atoms with E-state index >= 15 is 0 Å². The fourth-order valence-electron chi connectivity index (χ4n) is 3.39. The molecule has 0 saturated carbocycles. The van der Waals surface area contributed by atoms with Gasteiger partial charge in [0.1, 0.15) is 0 Å². The Hall–Kier alpha value is -1.08. The van der Waals surface area contributed by atoms with Crippen LogP contribution in [0.3, 0.4) is 0 Å². The summed E-state index contributed by atoms with van der Waals surface area (Å²) in [6.07, 6.45) is 6.03. The maximum absolute atomic E-state index is 2.45. The highest BCUT2D eigenvalue weighted by Gasteiger charge is 2.42. The van der Waals surface area contributed by atoms with Crippen LogP contribution in [0.5, 0.6) is 0 Å². The number of rotatable bonds is 0. The fourth-order valence-corrected chi connectivity index (χ4v) is 3.39. The molecule has 1 saturated heterocycles. The third kappa shape index (κ3) is 1.28. The molecule has 2 aliphatic rings. The third-order valence-corrected chi connectivity index (χ3v) is 4.39. The van der Waals surface area contributed by atoms with Gasteiger partial charge in [-0.3, -0.25) is 0 Å². The second kappa shape index (κ2) is 3.46. The zero-order chi connectivity index (χ0) is 11.2. The number of piperidine rings is 1. The molecule has 0 bridgehead atoms. The Morgan fingerprint density at radius 3 is 2.94 bits per heavy atom. The van der Waals surface area contributed by atoms with E-state index in [0.29, 0.717) is 11.3 Å². The topological polar surface area (TPSA) is 3.24 Å². The second-order valence-electron chi connectivity index (χ2n) is 5.37. The standard InChI is InChI=1S/C15H19N/c1-12-11-16(2)10-9-15(12)8-7-13-5-3-4-6-14(13)15/h3-8,12H,9-11H2,1-2H3/t12-,15-/m0/s1. The summed E-state index contributed by atoms with van der Waals surface area (Å²) in [5.74, 6) is 0.714. The smallest absolute Gasteiger partial charge is 0.0191 e. The minimum Gasteiger partial charge on any atom is -0.306 e. The van der Waals surface area contributed by atoms with Crippen LogP contribution in [0.1, 0.15) is 24.5 Å². The molecule has 1 aliphatic carbocycles. The Bertz CT molecular complexity index is 435.